The number of nitrogens with one attached hydrogen (secondary N) is 1. The van der Waals surface area contributed by atoms with Crippen molar-refractivity contribution >= 4 is 11.9 Å². The van der Waals surface area contributed by atoms with Gasteiger partial charge in [0.2, 0.25) is 0 Å². The molecule has 1 atom stereocenters. The molecule has 2 heterocycles. The Morgan fingerprint density at radius 1 is 0.967 bits per heavy atom. The second-order valence-electron chi connectivity index (χ2n) is 7.55. The van der Waals surface area contributed by atoms with Crippen molar-refractivity contribution in [1.82, 2.24) is 10.3 Å². The number of carbonyl (C=O) groups is 2. The molecule has 1 unspecified atom stereocenters. The van der Waals surface area contributed by atoms with Crippen molar-refractivity contribution in [3.63, 3.8) is 0 Å². The van der Waals surface area contributed by atoms with E-state index >= 15 is 0 Å². The normalized spacial score (nSPS) is 16.3. The Kier molecular flexibility index (Phi) is 9.58. The van der Waals surface area contributed by atoms with Gasteiger partial charge in [0.05, 0.1) is 30.3 Å². The van der Waals surface area contributed by atoms with Gasteiger partial charge in [-0.3, -0.25) is 4.98 Å². The SMILES string of the molecule is CCCCCCCCOC(=O)C1=C(C)NC(C)=C(C(=O)OCC)C1c1cccnc1. The molecule has 6 nitrogen and oxygen atoms in total. The smallest absolute Gasteiger partial charge is 0.336 e. The van der Waals surface area contributed by atoms with Gasteiger partial charge in [-0.1, -0.05) is 45.1 Å². The van der Waals surface area contributed by atoms with Crippen LogP contribution >= 0.6 is 0 Å². The average molecular weight is 415 g/mol. The third-order valence-corrected chi connectivity index (χ3v) is 5.22. The van der Waals surface area contributed by atoms with Crippen LogP contribution in [0.3, 0.4) is 0 Å². The molecule has 1 N–H and O–H groups in total. The predicted molar refractivity (Wildman–Crippen MR) is 116 cm³/mol. The number of nitrogens with zero attached hydrogens (tertiary/aromatic N) is 1. The standard InChI is InChI=1S/C24H34N2O4/c1-5-7-8-9-10-11-15-30-24(28)21-18(4)26-17(3)20(23(27)29-6-2)22(21)19-13-12-14-25-16-19/h12-14,16,22,26H,5-11,15H2,1-4H3. The number of allylic oxidation sites excluding steroid dienone is 2. The Hall–Kier alpha value is -2.63. The van der Waals surface area contributed by atoms with Crippen LogP contribution < -0.4 is 5.32 Å². The summed E-state index contributed by atoms with van der Waals surface area (Å²) in [6.45, 7) is 8.23. The quantitative estimate of drug-likeness (QED) is 0.415. The molecular weight excluding hydrogens is 380 g/mol. The number of hydrogen-bond acceptors (Lipinski definition) is 6. The van der Waals surface area contributed by atoms with Crippen molar-refractivity contribution in [2.45, 2.75) is 72.1 Å². The molecule has 0 amide bonds. The summed E-state index contributed by atoms with van der Waals surface area (Å²) in [5.74, 6) is -1.42. The molecule has 0 fully saturated rings. The highest BCUT2D eigenvalue weighted by Gasteiger charge is 2.38. The summed E-state index contributed by atoms with van der Waals surface area (Å²) in [6, 6.07) is 3.66. The Morgan fingerprint density at radius 2 is 1.60 bits per heavy atom. The van der Waals surface area contributed by atoms with Crippen LogP contribution in [0.2, 0.25) is 0 Å². The van der Waals surface area contributed by atoms with E-state index in [0.717, 1.165) is 24.8 Å². The molecule has 164 valence electrons. The third kappa shape index (κ3) is 6.18. The number of unbranched alkanes of at least 4 members (excludes halogenated alkanes) is 5. The van der Waals surface area contributed by atoms with Crippen molar-refractivity contribution in [3.8, 4) is 0 Å². The van der Waals surface area contributed by atoms with Crippen LogP contribution in [0.4, 0.5) is 0 Å². The molecular formula is C24H34N2O4. The first-order valence-electron chi connectivity index (χ1n) is 10.9. The van der Waals surface area contributed by atoms with Gasteiger partial charge in [-0.2, -0.15) is 0 Å². The lowest BCUT2D eigenvalue weighted by Gasteiger charge is -2.30. The van der Waals surface area contributed by atoms with Gasteiger partial charge in [0.1, 0.15) is 0 Å². The van der Waals surface area contributed by atoms with E-state index in [9.17, 15) is 9.59 Å². The highest BCUT2D eigenvalue weighted by molar-refractivity contribution is 5.99. The van der Waals surface area contributed by atoms with Crippen LogP contribution in [0.15, 0.2) is 47.1 Å². The fourth-order valence-electron chi connectivity index (χ4n) is 3.75. The second-order valence-corrected chi connectivity index (χ2v) is 7.55. The molecule has 6 heteroatoms. The summed E-state index contributed by atoms with van der Waals surface area (Å²) < 4.78 is 10.9. The number of pyridine rings is 1. The number of aromatic nitrogens is 1. The number of carbonyl (C=O) groups excluding carboxylic acids is 2. The van der Waals surface area contributed by atoms with Crippen molar-refractivity contribution in [2.24, 2.45) is 0 Å². The molecule has 2 rings (SSSR count). The number of rotatable bonds is 11. The van der Waals surface area contributed by atoms with E-state index in [-0.39, 0.29) is 6.61 Å². The van der Waals surface area contributed by atoms with Gasteiger partial charge in [-0.15, -0.1) is 0 Å². The number of dihydropyridines is 1. The molecule has 0 saturated carbocycles. The summed E-state index contributed by atoms with van der Waals surface area (Å²) in [4.78, 5) is 30.0. The van der Waals surface area contributed by atoms with Gasteiger partial charge >= 0.3 is 11.9 Å². The molecule has 0 saturated heterocycles. The first-order chi connectivity index (χ1) is 14.5. The van der Waals surface area contributed by atoms with E-state index in [1.807, 2.05) is 19.9 Å². The molecule has 1 aromatic rings. The summed E-state index contributed by atoms with van der Waals surface area (Å²) >= 11 is 0. The zero-order valence-corrected chi connectivity index (χ0v) is 18.6. The van der Waals surface area contributed by atoms with Gasteiger partial charge in [-0.05, 0) is 38.8 Å². The minimum absolute atomic E-state index is 0.260. The largest absolute Gasteiger partial charge is 0.463 e. The van der Waals surface area contributed by atoms with E-state index in [2.05, 4.69) is 17.2 Å². The minimum atomic E-state index is -0.573. The summed E-state index contributed by atoms with van der Waals surface area (Å²) in [6.07, 6.45) is 10.0. The predicted octanol–water partition coefficient (Wildman–Crippen LogP) is 4.78. The first kappa shape index (κ1) is 23.6. The molecule has 30 heavy (non-hydrogen) atoms. The van der Waals surface area contributed by atoms with Crippen LogP contribution in [0.5, 0.6) is 0 Å². The molecule has 1 aliphatic heterocycles. The maximum atomic E-state index is 13.0. The minimum Gasteiger partial charge on any atom is -0.463 e. The van der Waals surface area contributed by atoms with Gasteiger partial charge in [0.25, 0.3) is 0 Å². The lowest BCUT2D eigenvalue weighted by Crippen LogP contribution is -2.32. The van der Waals surface area contributed by atoms with Crippen LogP contribution in [0.25, 0.3) is 0 Å². The molecule has 0 bridgehead atoms. The topological polar surface area (TPSA) is 77.5 Å². The Labute approximate surface area is 179 Å². The van der Waals surface area contributed by atoms with E-state index < -0.39 is 17.9 Å². The zero-order chi connectivity index (χ0) is 21.9. The molecule has 0 aliphatic carbocycles. The maximum absolute atomic E-state index is 13.0. The van der Waals surface area contributed by atoms with E-state index in [4.69, 9.17) is 9.47 Å². The molecule has 1 aromatic heterocycles. The highest BCUT2D eigenvalue weighted by Crippen LogP contribution is 2.38. The lowest BCUT2D eigenvalue weighted by atomic mass is 9.81. The number of esters is 2. The fraction of sp³-hybridized carbons (Fsp3) is 0.542. The number of ether oxygens (including phenoxy) is 2. The van der Waals surface area contributed by atoms with Crippen LogP contribution in [-0.4, -0.2) is 30.1 Å². The highest BCUT2D eigenvalue weighted by atomic mass is 16.5. The van der Waals surface area contributed by atoms with Crippen molar-refractivity contribution in [2.75, 3.05) is 13.2 Å². The van der Waals surface area contributed by atoms with Crippen LogP contribution in [-0.2, 0) is 19.1 Å². The Morgan fingerprint density at radius 3 is 2.20 bits per heavy atom. The van der Waals surface area contributed by atoms with Gasteiger partial charge < -0.3 is 14.8 Å². The van der Waals surface area contributed by atoms with E-state index in [1.165, 1.54) is 19.3 Å². The maximum Gasteiger partial charge on any atom is 0.336 e. The van der Waals surface area contributed by atoms with E-state index in [0.29, 0.717) is 29.1 Å². The number of hydrogen-bond donors (Lipinski definition) is 1. The van der Waals surface area contributed by atoms with Crippen LogP contribution in [0, 0.1) is 0 Å². The molecule has 0 radical (unpaired) electrons. The molecule has 0 spiro atoms. The molecule has 0 aromatic carbocycles. The lowest BCUT2D eigenvalue weighted by molar-refractivity contribution is -0.140. The second kappa shape index (κ2) is 12.2. The van der Waals surface area contributed by atoms with Crippen LogP contribution in [0.1, 0.15) is 77.7 Å². The van der Waals surface area contributed by atoms with Crippen molar-refractivity contribution < 1.29 is 19.1 Å². The van der Waals surface area contributed by atoms with Crippen molar-refractivity contribution in [1.29, 1.82) is 0 Å². The van der Waals surface area contributed by atoms with Gasteiger partial charge in [-0.25, -0.2) is 9.59 Å². The summed E-state index contributed by atoms with van der Waals surface area (Å²) in [5.41, 5.74) is 2.96. The summed E-state index contributed by atoms with van der Waals surface area (Å²) in [7, 11) is 0. The Balaban J connectivity index is 2.20. The summed E-state index contributed by atoms with van der Waals surface area (Å²) in [5, 5.41) is 3.16. The van der Waals surface area contributed by atoms with E-state index in [1.54, 1.807) is 25.4 Å². The monoisotopic (exact) mass is 414 g/mol. The molecule has 1 aliphatic rings. The third-order valence-electron chi connectivity index (χ3n) is 5.22. The zero-order valence-electron chi connectivity index (χ0n) is 18.6. The Bertz CT molecular complexity index is 784. The van der Waals surface area contributed by atoms with Gasteiger partial charge in [0, 0.05) is 23.8 Å². The van der Waals surface area contributed by atoms with Gasteiger partial charge in [0.15, 0.2) is 0 Å². The van der Waals surface area contributed by atoms with Crippen molar-refractivity contribution in [3.05, 3.63) is 52.6 Å². The average Bonchev–Trinajstić information content (AvgIpc) is 2.73. The first-order valence-corrected chi connectivity index (χ1v) is 10.9. The fourth-order valence-corrected chi connectivity index (χ4v) is 3.75.